The molecule has 3 rings (SSSR count). The maximum absolute atomic E-state index is 12.5. The van der Waals surface area contributed by atoms with E-state index in [1.165, 1.54) is 4.90 Å². The van der Waals surface area contributed by atoms with Crippen LogP contribution in [0, 0.1) is 5.92 Å². The summed E-state index contributed by atoms with van der Waals surface area (Å²) < 4.78 is 5.61. The molecule has 0 aromatic heterocycles. The van der Waals surface area contributed by atoms with Crippen LogP contribution in [0.2, 0.25) is 10.0 Å². The van der Waals surface area contributed by atoms with Crippen LogP contribution in [0.25, 0.3) is 0 Å². The Bertz CT molecular complexity index is 868. The van der Waals surface area contributed by atoms with Crippen molar-refractivity contribution < 1.29 is 14.3 Å². The number of carbonyl (C=O) groups excluding carboxylic acids is 2. The molecule has 2 aromatic carbocycles. The van der Waals surface area contributed by atoms with Gasteiger partial charge in [-0.15, -0.1) is 0 Å². The number of halogens is 2. The number of anilines is 1. The Morgan fingerprint density at radius 1 is 1.21 bits per heavy atom. The van der Waals surface area contributed by atoms with Gasteiger partial charge >= 0.3 is 0 Å². The smallest absolute Gasteiger partial charge is 0.227 e. The SMILES string of the molecule is CC(C)Oc1ccc(CNC(=O)[C@@H]2CC(=O)N(c3cccc(Cl)c3Cl)C2)cc1. The predicted octanol–water partition coefficient (Wildman–Crippen LogP) is 4.45. The van der Waals surface area contributed by atoms with E-state index in [9.17, 15) is 9.59 Å². The fourth-order valence-electron chi connectivity index (χ4n) is 3.11. The minimum absolute atomic E-state index is 0.112. The van der Waals surface area contributed by atoms with Crippen LogP contribution in [0.3, 0.4) is 0 Å². The first-order chi connectivity index (χ1) is 13.3. The first kappa shape index (κ1) is 20.5. The number of rotatable bonds is 6. The zero-order valence-electron chi connectivity index (χ0n) is 15.7. The van der Waals surface area contributed by atoms with Crippen LogP contribution >= 0.6 is 23.2 Å². The summed E-state index contributed by atoms with van der Waals surface area (Å²) >= 11 is 12.3. The van der Waals surface area contributed by atoms with Crippen LogP contribution in [-0.2, 0) is 16.1 Å². The zero-order chi connectivity index (χ0) is 20.3. The highest BCUT2D eigenvalue weighted by Crippen LogP contribution is 2.35. The molecule has 2 aromatic rings. The average Bonchev–Trinajstić information content (AvgIpc) is 3.04. The number of amides is 2. The monoisotopic (exact) mass is 420 g/mol. The van der Waals surface area contributed by atoms with Crippen molar-refractivity contribution in [2.75, 3.05) is 11.4 Å². The van der Waals surface area contributed by atoms with E-state index in [-0.39, 0.29) is 30.9 Å². The van der Waals surface area contributed by atoms with Crippen molar-refractivity contribution in [1.29, 1.82) is 0 Å². The third-order valence-electron chi connectivity index (χ3n) is 4.48. The summed E-state index contributed by atoms with van der Waals surface area (Å²) in [5.74, 6) is 0.0719. The van der Waals surface area contributed by atoms with Crippen LogP contribution in [0.4, 0.5) is 5.69 Å². The molecular formula is C21H22Cl2N2O3. The van der Waals surface area contributed by atoms with Crippen molar-refractivity contribution in [3.63, 3.8) is 0 Å². The van der Waals surface area contributed by atoms with E-state index in [2.05, 4.69) is 5.32 Å². The summed E-state index contributed by atoms with van der Waals surface area (Å²) in [5.41, 5.74) is 1.50. The highest BCUT2D eigenvalue weighted by atomic mass is 35.5. The number of carbonyl (C=O) groups is 2. The molecule has 0 unspecified atom stereocenters. The Balaban J connectivity index is 1.58. The molecule has 0 radical (unpaired) electrons. The van der Waals surface area contributed by atoms with Crippen molar-refractivity contribution in [2.24, 2.45) is 5.92 Å². The van der Waals surface area contributed by atoms with Crippen molar-refractivity contribution in [3.05, 3.63) is 58.1 Å². The molecule has 0 saturated carbocycles. The number of benzene rings is 2. The lowest BCUT2D eigenvalue weighted by Gasteiger charge is -2.18. The Morgan fingerprint density at radius 3 is 2.61 bits per heavy atom. The summed E-state index contributed by atoms with van der Waals surface area (Å²) in [6.45, 7) is 4.61. The third-order valence-corrected chi connectivity index (χ3v) is 5.29. The second-order valence-electron chi connectivity index (χ2n) is 7.01. The minimum atomic E-state index is -0.425. The minimum Gasteiger partial charge on any atom is -0.491 e. The highest BCUT2D eigenvalue weighted by molar-refractivity contribution is 6.44. The molecular weight excluding hydrogens is 399 g/mol. The van der Waals surface area contributed by atoms with Crippen LogP contribution in [-0.4, -0.2) is 24.5 Å². The number of nitrogens with one attached hydrogen (secondary N) is 1. The van der Waals surface area contributed by atoms with Gasteiger partial charge in [-0.05, 0) is 43.7 Å². The standard InChI is InChI=1S/C21H22Cl2N2O3/c1-13(2)28-16-8-6-14(7-9-16)11-24-21(27)15-10-19(26)25(12-15)18-5-3-4-17(22)20(18)23/h3-9,13,15H,10-12H2,1-2H3,(H,24,27)/t15-/m1/s1. The van der Waals surface area contributed by atoms with Crippen molar-refractivity contribution in [1.82, 2.24) is 5.32 Å². The molecule has 1 aliphatic heterocycles. The molecule has 0 aliphatic carbocycles. The summed E-state index contributed by atoms with van der Waals surface area (Å²) in [6.07, 6.45) is 0.261. The van der Waals surface area contributed by atoms with Crippen LogP contribution in [0.15, 0.2) is 42.5 Å². The van der Waals surface area contributed by atoms with Crippen LogP contribution in [0.5, 0.6) is 5.75 Å². The van der Waals surface area contributed by atoms with Crippen LogP contribution < -0.4 is 15.0 Å². The maximum Gasteiger partial charge on any atom is 0.227 e. The molecule has 148 valence electrons. The highest BCUT2D eigenvalue weighted by Gasteiger charge is 2.36. The number of nitrogens with zero attached hydrogens (tertiary/aromatic N) is 1. The summed E-state index contributed by atoms with van der Waals surface area (Å²) in [6, 6.07) is 12.7. The fourth-order valence-corrected chi connectivity index (χ4v) is 3.51. The predicted molar refractivity (Wildman–Crippen MR) is 111 cm³/mol. The first-order valence-corrected chi connectivity index (χ1v) is 9.88. The van der Waals surface area contributed by atoms with Crippen LogP contribution in [0.1, 0.15) is 25.8 Å². The molecule has 1 aliphatic rings. The molecule has 1 fully saturated rings. The molecule has 0 spiro atoms. The third kappa shape index (κ3) is 4.78. The number of ether oxygens (including phenoxy) is 1. The molecule has 5 nitrogen and oxygen atoms in total. The lowest BCUT2D eigenvalue weighted by Crippen LogP contribution is -2.32. The maximum atomic E-state index is 12.5. The molecule has 1 saturated heterocycles. The van der Waals surface area contributed by atoms with Gasteiger partial charge in [0.1, 0.15) is 5.75 Å². The summed E-state index contributed by atoms with van der Waals surface area (Å²) in [5, 5.41) is 3.60. The van der Waals surface area contributed by atoms with E-state index in [0.29, 0.717) is 22.3 Å². The molecule has 2 amide bonds. The quantitative estimate of drug-likeness (QED) is 0.750. The molecule has 0 bridgehead atoms. The van der Waals surface area contributed by atoms with Gasteiger partial charge in [-0.25, -0.2) is 0 Å². The van der Waals surface area contributed by atoms with Gasteiger partial charge < -0.3 is 15.0 Å². The van der Waals surface area contributed by atoms with E-state index in [1.807, 2.05) is 38.1 Å². The second-order valence-corrected chi connectivity index (χ2v) is 7.79. The van der Waals surface area contributed by atoms with E-state index in [0.717, 1.165) is 11.3 Å². The average molecular weight is 421 g/mol. The van der Waals surface area contributed by atoms with Gasteiger partial charge in [-0.2, -0.15) is 0 Å². The lowest BCUT2D eigenvalue weighted by molar-refractivity contribution is -0.126. The van der Waals surface area contributed by atoms with Gasteiger partial charge in [0, 0.05) is 19.5 Å². The van der Waals surface area contributed by atoms with Gasteiger partial charge in [-0.1, -0.05) is 41.4 Å². The zero-order valence-corrected chi connectivity index (χ0v) is 17.3. The topological polar surface area (TPSA) is 58.6 Å². The van der Waals surface area contributed by atoms with Gasteiger partial charge in [0.05, 0.1) is 27.8 Å². The number of hydrogen-bond acceptors (Lipinski definition) is 3. The molecule has 1 heterocycles. The van der Waals surface area contributed by atoms with Gasteiger partial charge in [0.15, 0.2) is 0 Å². The first-order valence-electron chi connectivity index (χ1n) is 9.13. The Morgan fingerprint density at radius 2 is 1.93 bits per heavy atom. The van der Waals surface area contributed by atoms with Crippen molar-refractivity contribution in [3.8, 4) is 5.75 Å². The Kier molecular flexibility index (Phi) is 6.47. The van der Waals surface area contributed by atoms with Crippen molar-refractivity contribution >= 4 is 40.7 Å². The molecule has 1 atom stereocenters. The van der Waals surface area contributed by atoms with E-state index in [1.54, 1.807) is 18.2 Å². The Hall–Kier alpha value is -2.24. The van der Waals surface area contributed by atoms with E-state index in [4.69, 9.17) is 27.9 Å². The van der Waals surface area contributed by atoms with Gasteiger partial charge in [-0.3, -0.25) is 9.59 Å². The van der Waals surface area contributed by atoms with Gasteiger partial charge in [0.2, 0.25) is 11.8 Å². The molecule has 28 heavy (non-hydrogen) atoms. The normalized spacial score (nSPS) is 16.5. The largest absolute Gasteiger partial charge is 0.491 e. The summed E-state index contributed by atoms with van der Waals surface area (Å²) in [7, 11) is 0. The van der Waals surface area contributed by atoms with E-state index >= 15 is 0 Å². The summed E-state index contributed by atoms with van der Waals surface area (Å²) in [4.78, 5) is 26.4. The van der Waals surface area contributed by atoms with E-state index < -0.39 is 5.92 Å². The van der Waals surface area contributed by atoms with Crippen molar-refractivity contribution in [2.45, 2.75) is 32.9 Å². The lowest BCUT2D eigenvalue weighted by atomic mass is 10.1. The van der Waals surface area contributed by atoms with Gasteiger partial charge in [0.25, 0.3) is 0 Å². The number of hydrogen-bond donors (Lipinski definition) is 1. The fraction of sp³-hybridized carbons (Fsp3) is 0.333. The Labute approximate surface area is 174 Å². The molecule has 1 N–H and O–H groups in total. The second kappa shape index (κ2) is 8.84. The molecule has 7 heteroatoms.